The molecule has 0 fully saturated rings. The van der Waals surface area contributed by atoms with Crippen LogP contribution in [0.5, 0.6) is 0 Å². The number of amides is 1. The lowest BCUT2D eigenvalue weighted by atomic mass is 9.98. The maximum absolute atomic E-state index is 14.0. The third-order valence-electron chi connectivity index (χ3n) is 6.73. The maximum Gasteiger partial charge on any atom is 0.263 e. The molecule has 1 aliphatic heterocycles. The second-order valence-corrected chi connectivity index (χ2v) is 10.6. The van der Waals surface area contributed by atoms with E-state index in [1.807, 2.05) is 39.8 Å². The van der Waals surface area contributed by atoms with Crippen LogP contribution in [-0.2, 0) is 13.0 Å². The molecule has 38 heavy (non-hydrogen) atoms. The first-order chi connectivity index (χ1) is 18.1. The highest BCUT2D eigenvalue weighted by molar-refractivity contribution is 6.42. The minimum atomic E-state index is -0.229. The van der Waals surface area contributed by atoms with Crippen molar-refractivity contribution >= 4 is 51.8 Å². The number of halogens is 2. The van der Waals surface area contributed by atoms with Crippen molar-refractivity contribution in [1.29, 1.82) is 0 Å². The lowest BCUT2D eigenvalue weighted by molar-refractivity contribution is 0.0653. The van der Waals surface area contributed by atoms with Crippen LogP contribution >= 0.6 is 23.2 Å². The first-order valence-corrected chi connectivity index (χ1v) is 13.1. The smallest absolute Gasteiger partial charge is 0.263 e. The van der Waals surface area contributed by atoms with Gasteiger partial charge in [0.2, 0.25) is 5.95 Å². The number of benzene rings is 2. The van der Waals surface area contributed by atoms with Crippen LogP contribution in [0.25, 0.3) is 16.7 Å². The molecule has 0 unspecified atom stereocenters. The van der Waals surface area contributed by atoms with E-state index in [4.69, 9.17) is 32.7 Å². The van der Waals surface area contributed by atoms with Crippen molar-refractivity contribution in [3.05, 3.63) is 73.1 Å². The van der Waals surface area contributed by atoms with Crippen molar-refractivity contribution in [2.24, 2.45) is 0 Å². The minimum absolute atomic E-state index is 0.00729. The summed E-state index contributed by atoms with van der Waals surface area (Å²) >= 11 is 12.2. The van der Waals surface area contributed by atoms with Crippen molar-refractivity contribution in [3.63, 3.8) is 0 Å². The zero-order valence-corrected chi connectivity index (χ0v) is 23.2. The van der Waals surface area contributed by atoms with Gasteiger partial charge in [0.05, 0.1) is 33.4 Å². The van der Waals surface area contributed by atoms with Crippen LogP contribution in [0.15, 0.2) is 39.6 Å². The molecule has 0 spiro atoms. The molecular formula is C27H28Cl2N6O3. The monoisotopic (exact) mass is 554 g/mol. The number of hydrogen-bond acceptors (Lipinski definition) is 7. The molecule has 0 bridgehead atoms. The molecule has 4 aromatic rings. The van der Waals surface area contributed by atoms with Crippen LogP contribution in [0.2, 0.25) is 10.0 Å². The highest BCUT2D eigenvalue weighted by Gasteiger charge is 2.32. The molecule has 0 aliphatic carbocycles. The van der Waals surface area contributed by atoms with Crippen molar-refractivity contribution < 1.29 is 9.32 Å². The number of fused-ring (bicyclic) bond motifs is 2. The van der Waals surface area contributed by atoms with Crippen molar-refractivity contribution in [1.82, 2.24) is 19.6 Å². The molecule has 9 nitrogen and oxygen atoms in total. The van der Waals surface area contributed by atoms with Gasteiger partial charge in [0.25, 0.3) is 11.5 Å². The Bertz CT molecular complexity index is 1630. The molecule has 3 heterocycles. The number of nitrogens with zero attached hydrogens (tertiary/aromatic N) is 4. The molecule has 2 aromatic carbocycles. The number of rotatable bonds is 5. The Morgan fingerprint density at radius 2 is 1.95 bits per heavy atom. The first kappa shape index (κ1) is 26.1. The van der Waals surface area contributed by atoms with E-state index in [0.29, 0.717) is 56.3 Å². The lowest BCUT2D eigenvalue weighted by Crippen LogP contribution is -2.46. The summed E-state index contributed by atoms with van der Waals surface area (Å²) < 4.78 is 7.11. The molecule has 0 saturated carbocycles. The Balaban J connectivity index is 1.61. The third kappa shape index (κ3) is 4.50. The highest BCUT2D eigenvalue weighted by atomic mass is 35.5. The summed E-state index contributed by atoms with van der Waals surface area (Å²) in [5, 5.41) is 11.9. The molecule has 1 aliphatic rings. The molecule has 11 heteroatoms. The van der Waals surface area contributed by atoms with E-state index in [0.717, 1.165) is 10.9 Å². The lowest BCUT2D eigenvalue weighted by Gasteiger charge is -2.35. The maximum atomic E-state index is 14.0. The van der Waals surface area contributed by atoms with Gasteiger partial charge in [-0.05, 0) is 63.9 Å². The Morgan fingerprint density at radius 1 is 1.18 bits per heavy atom. The Labute approximate surface area is 229 Å². The van der Waals surface area contributed by atoms with Gasteiger partial charge < -0.3 is 20.1 Å². The summed E-state index contributed by atoms with van der Waals surface area (Å²) in [7, 11) is 1.78. The van der Waals surface area contributed by atoms with Gasteiger partial charge in [-0.3, -0.25) is 9.59 Å². The van der Waals surface area contributed by atoms with Gasteiger partial charge in [0, 0.05) is 36.3 Å². The van der Waals surface area contributed by atoms with Crippen molar-refractivity contribution in [3.8, 4) is 5.69 Å². The van der Waals surface area contributed by atoms with Gasteiger partial charge in [-0.2, -0.15) is 0 Å². The summed E-state index contributed by atoms with van der Waals surface area (Å²) in [6.45, 7) is 8.01. The van der Waals surface area contributed by atoms with Crippen LogP contribution < -0.4 is 16.2 Å². The number of carbonyl (C=O) groups is 1. The molecule has 1 amide bonds. The number of aromatic nitrogens is 3. The van der Waals surface area contributed by atoms with Gasteiger partial charge in [0.1, 0.15) is 0 Å². The largest absolute Gasteiger partial charge is 0.370 e. The van der Waals surface area contributed by atoms with Gasteiger partial charge in [-0.15, -0.1) is 0 Å². The van der Waals surface area contributed by atoms with E-state index in [1.54, 1.807) is 34.7 Å². The van der Waals surface area contributed by atoms with E-state index >= 15 is 0 Å². The summed E-state index contributed by atoms with van der Waals surface area (Å²) in [5.74, 6) is 0.834. The number of anilines is 2. The molecule has 2 aromatic heterocycles. The summed E-state index contributed by atoms with van der Waals surface area (Å²) in [4.78, 5) is 34.0. The van der Waals surface area contributed by atoms with Gasteiger partial charge in [-0.25, -0.2) is 9.55 Å². The molecule has 0 saturated heterocycles. The summed E-state index contributed by atoms with van der Waals surface area (Å²) in [6, 6.07) is 8.35. The predicted octanol–water partition coefficient (Wildman–Crippen LogP) is 5.44. The van der Waals surface area contributed by atoms with Crippen LogP contribution in [0.3, 0.4) is 0 Å². The van der Waals surface area contributed by atoms with E-state index in [-0.39, 0.29) is 30.1 Å². The quantitative estimate of drug-likeness (QED) is 0.338. The Hall–Kier alpha value is -3.56. The molecule has 198 valence electrons. The molecule has 5 rings (SSSR count). The van der Waals surface area contributed by atoms with Gasteiger partial charge >= 0.3 is 0 Å². The fourth-order valence-electron chi connectivity index (χ4n) is 4.81. The molecular weight excluding hydrogens is 527 g/mol. The van der Waals surface area contributed by atoms with Crippen molar-refractivity contribution in [2.75, 3.05) is 17.7 Å². The summed E-state index contributed by atoms with van der Waals surface area (Å²) in [6.07, 6.45) is 0.365. The van der Waals surface area contributed by atoms with Crippen LogP contribution in [0, 0.1) is 6.92 Å². The zero-order valence-electron chi connectivity index (χ0n) is 21.7. The number of carbonyl (C=O) groups excluding carboxylic acids is 1. The standard InChI is InChI=1S/C27H28Cl2N6O3/c1-13(2)31-27-32-21-12-34(25(36)16-6-7-19(28)20(29)10-16)15(4)9-17(21)26(37)35(27)22-11-23-18(8-14(22)3)24(30-5)33-38-23/h6-8,10-11,13,15H,9,12H2,1-5H3,(H,30,33)(H,31,32)/t15-/m1/s1. The molecule has 0 radical (unpaired) electrons. The van der Waals surface area contributed by atoms with Gasteiger partial charge in [0.15, 0.2) is 11.4 Å². The van der Waals surface area contributed by atoms with Crippen molar-refractivity contribution in [2.45, 2.75) is 52.7 Å². The molecule has 2 N–H and O–H groups in total. The van der Waals surface area contributed by atoms with Crippen LogP contribution in [-0.4, -0.2) is 44.6 Å². The second kappa shape index (κ2) is 9.96. The SMILES string of the molecule is CNc1noc2cc(-n3c(NC(C)C)nc4c(c3=O)C[C@@H](C)N(C(=O)c3ccc(Cl)c(Cl)c3)C4)c(C)cc12. The first-order valence-electron chi connectivity index (χ1n) is 12.3. The second-order valence-electron chi connectivity index (χ2n) is 9.83. The topological polar surface area (TPSA) is 105 Å². The average Bonchev–Trinajstić information content (AvgIpc) is 3.27. The summed E-state index contributed by atoms with van der Waals surface area (Å²) in [5.41, 5.74) is 3.48. The number of nitrogens with one attached hydrogen (secondary N) is 2. The Kier molecular flexibility index (Phi) is 6.83. The van der Waals surface area contributed by atoms with E-state index < -0.39 is 0 Å². The predicted molar refractivity (Wildman–Crippen MR) is 150 cm³/mol. The normalized spacial score (nSPS) is 15.2. The number of aryl methyl sites for hydroxylation is 1. The Morgan fingerprint density at radius 3 is 2.63 bits per heavy atom. The number of hydrogen-bond donors (Lipinski definition) is 2. The van der Waals surface area contributed by atoms with Gasteiger partial charge in [-0.1, -0.05) is 28.4 Å². The van der Waals surface area contributed by atoms with Crippen LogP contribution in [0.4, 0.5) is 11.8 Å². The van der Waals surface area contributed by atoms with E-state index in [9.17, 15) is 9.59 Å². The average molecular weight is 555 g/mol. The fourth-order valence-corrected chi connectivity index (χ4v) is 5.11. The van der Waals surface area contributed by atoms with Crippen LogP contribution in [0.1, 0.15) is 48.0 Å². The van der Waals surface area contributed by atoms with E-state index in [1.165, 1.54) is 0 Å². The highest BCUT2D eigenvalue weighted by Crippen LogP contribution is 2.31. The fraction of sp³-hybridized carbons (Fsp3) is 0.333. The zero-order chi connectivity index (χ0) is 27.3. The molecule has 1 atom stereocenters. The minimum Gasteiger partial charge on any atom is -0.370 e. The van der Waals surface area contributed by atoms with E-state index in [2.05, 4.69) is 15.8 Å². The third-order valence-corrected chi connectivity index (χ3v) is 7.46.